The fraction of sp³-hybridized carbons (Fsp3) is 0.500. The normalized spacial score (nSPS) is 20.5. The predicted molar refractivity (Wildman–Crippen MR) is 137 cm³/mol. The number of rotatable bonds is 11. The lowest BCUT2D eigenvalue weighted by Crippen LogP contribution is -2.24. The van der Waals surface area contributed by atoms with Crippen molar-refractivity contribution in [3.8, 4) is 0 Å². The molecule has 5 rings (SSSR count). The topological polar surface area (TPSA) is 130 Å². The number of sulfone groups is 1. The van der Waals surface area contributed by atoms with Crippen LogP contribution in [0.2, 0.25) is 0 Å². The molecule has 3 fully saturated rings. The van der Waals surface area contributed by atoms with Gasteiger partial charge in [-0.25, -0.2) is 13.4 Å². The van der Waals surface area contributed by atoms with Gasteiger partial charge < -0.3 is 10.4 Å². The Morgan fingerprint density at radius 3 is 2.46 bits per heavy atom. The van der Waals surface area contributed by atoms with E-state index in [-0.39, 0.29) is 35.2 Å². The number of ketones is 1. The summed E-state index contributed by atoms with van der Waals surface area (Å²) < 4.78 is 26.1. The SMILES string of the molecule is O=C(O)CCc1ccc(NC(=O)[C@H](C[C@H]2CCC(=O)C2)c2ccc(S(=O)(=O)C3CC3)c(C3CC3)c2)nc1. The maximum absolute atomic E-state index is 13.5. The summed E-state index contributed by atoms with van der Waals surface area (Å²) in [5.41, 5.74) is 2.36. The van der Waals surface area contributed by atoms with Gasteiger partial charge in [-0.1, -0.05) is 18.2 Å². The van der Waals surface area contributed by atoms with E-state index < -0.39 is 21.7 Å². The van der Waals surface area contributed by atoms with E-state index in [9.17, 15) is 22.8 Å². The maximum Gasteiger partial charge on any atom is 0.303 e. The Hall–Kier alpha value is -3.07. The molecule has 2 atom stereocenters. The number of anilines is 1. The largest absolute Gasteiger partial charge is 0.481 e. The highest BCUT2D eigenvalue weighted by Gasteiger charge is 2.41. The number of pyridine rings is 1. The highest BCUT2D eigenvalue weighted by molar-refractivity contribution is 7.92. The molecule has 1 aromatic heterocycles. The average Bonchev–Trinajstić information content (AvgIpc) is 3.79. The van der Waals surface area contributed by atoms with Crippen molar-refractivity contribution in [3.63, 3.8) is 0 Å². The highest BCUT2D eigenvalue weighted by atomic mass is 32.2. The molecule has 8 nitrogen and oxygen atoms in total. The number of aliphatic carboxylic acids is 1. The van der Waals surface area contributed by atoms with Crippen LogP contribution >= 0.6 is 0 Å². The smallest absolute Gasteiger partial charge is 0.303 e. The average molecular weight is 525 g/mol. The molecule has 3 aliphatic rings. The molecule has 2 aromatic rings. The number of benzene rings is 1. The molecule has 1 aromatic carbocycles. The third-order valence-corrected chi connectivity index (χ3v) is 9.99. The van der Waals surface area contributed by atoms with Gasteiger partial charge in [0, 0.05) is 25.5 Å². The Balaban J connectivity index is 1.40. The van der Waals surface area contributed by atoms with Crippen molar-refractivity contribution in [3.05, 3.63) is 53.2 Å². The minimum atomic E-state index is -3.35. The van der Waals surface area contributed by atoms with E-state index in [4.69, 9.17) is 5.11 Å². The van der Waals surface area contributed by atoms with Crippen molar-refractivity contribution in [1.82, 2.24) is 4.98 Å². The molecule has 0 unspecified atom stereocenters. The molecule has 9 heteroatoms. The van der Waals surface area contributed by atoms with Gasteiger partial charge in [0.25, 0.3) is 0 Å². The third-order valence-electron chi connectivity index (χ3n) is 7.66. The molecule has 0 aliphatic heterocycles. The number of carbonyl (C=O) groups excluding carboxylic acids is 2. The summed E-state index contributed by atoms with van der Waals surface area (Å²) in [6, 6.07) is 8.78. The number of aromatic nitrogens is 1. The Morgan fingerprint density at radius 1 is 1.08 bits per heavy atom. The molecule has 2 N–H and O–H groups in total. The molecule has 0 saturated heterocycles. The zero-order chi connectivity index (χ0) is 26.2. The Kier molecular flexibility index (Phi) is 7.16. The van der Waals surface area contributed by atoms with E-state index in [2.05, 4.69) is 10.3 Å². The summed E-state index contributed by atoms with van der Waals surface area (Å²) in [5, 5.41) is 11.5. The second kappa shape index (κ2) is 10.4. The van der Waals surface area contributed by atoms with E-state index in [0.29, 0.717) is 49.2 Å². The van der Waals surface area contributed by atoms with E-state index in [0.717, 1.165) is 36.0 Å². The summed E-state index contributed by atoms with van der Waals surface area (Å²) in [7, 11) is -3.35. The lowest BCUT2D eigenvalue weighted by Gasteiger charge is -2.22. The lowest BCUT2D eigenvalue weighted by atomic mass is 9.86. The van der Waals surface area contributed by atoms with E-state index in [1.54, 1.807) is 30.5 Å². The molecule has 0 bridgehead atoms. The number of hydrogen-bond donors (Lipinski definition) is 2. The van der Waals surface area contributed by atoms with Crippen LogP contribution in [0.4, 0.5) is 5.82 Å². The molecule has 3 saturated carbocycles. The number of nitrogens with one attached hydrogen (secondary N) is 1. The number of Topliss-reactive ketones (excluding diaryl/α,β-unsaturated/α-hetero) is 1. The van der Waals surface area contributed by atoms with E-state index in [1.807, 2.05) is 6.07 Å². The number of carbonyl (C=O) groups is 3. The minimum Gasteiger partial charge on any atom is -0.481 e. The number of carboxylic acid groups (broad SMARTS) is 1. The summed E-state index contributed by atoms with van der Waals surface area (Å²) in [6.45, 7) is 0. The summed E-state index contributed by atoms with van der Waals surface area (Å²) >= 11 is 0. The van der Waals surface area contributed by atoms with Gasteiger partial charge in [0.2, 0.25) is 5.91 Å². The first-order valence-electron chi connectivity index (χ1n) is 13.1. The standard InChI is InChI=1S/C28H32N2O6S/c31-21-7-1-18(13-21)14-24(28(34)30-26-11-2-17(16-29-26)3-12-27(32)33)20-6-10-25(23(15-20)19-4-5-19)37(35,36)22-8-9-22/h2,6,10-11,15-16,18-19,22,24H,1,3-5,7-9,12-14H2,(H,32,33)(H,29,30,34)/t18-,24+/m0/s1. The molecule has 37 heavy (non-hydrogen) atoms. The molecular weight excluding hydrogens is 492 g/mol. The monoisotopic (exact) mass is 524 g/mol. The number of aryl methyl sites for hydroxylation is 1. The van der Waals surface area contributed by atoms with Crippen molar-refractivity contribution in [1.29, 1.82) is 0 Å². The van der Waals surface area contributed by atoms with Crippen molar-refractivity contribution in [2.24, 2.45) is 5.92 Å². The van der Waals surface area contributed by atoms with Gasteiger partial charge in [0.1, 0.15) is 11.6 Å². The number of amides is 1. The number of hydrogen-bond acceptors (Lipinski definition) is 6. The second-order valence-corrected chi connectivity index (χ2v) is 12.9. The first-order chi connectivity index (χ1) is 17.7. The Labute approximate surface area is 216 Å². The van der Waals surface area contributed by atoms with Crippen molar-refractivity contribution >= 4 is 33.3 Å². The van der Waals surface area contributed by atoms with Crippen LogP contribution in [-0.2, 0) is 30.6 Å². The van der Waals surface area contributed by atoms with Gasteiger partial charge in [0.15, 0.2) is 9.84 Å². The van der Waals surface area contributed by atoms with Crippen molar-refractivity contribution in [2.75, 3.05) is 5.32 Å². The van der Waals surface area contributed by atoms with Crippen LogP contribution < -0.4 is 5.32 Å². The first kappa shape index (κ1) is 25.6. The fourth-order valence-corrected chi connectivity index (χ4v) is 7.17. The zero-order valence-electron chi connectivity index (χ0n) is 20.7. The molecule has 1 heterocycles. The van der Waals surface area contributed by atoms with Crippen molar-refractivity contribution < 1.29 is 27.9 Å². The highest BCUT2D eigenvalue weighted by Crippen LogP contribution is 2.47. The summed E-state index contributed by atoms with van der Waals surface area (Å²) in [5.74, 6) is -0.773. The summed E-state index contributed by atoms with van der Waals surface area (Å²) in [4.78, 5) is 41.0. The summed E-state index contributed by atoms with van der Waals surface area (Å²) in [6.07, 6.45) is 7.48. The van der Waals surface area contributed by atoms with Crippen LogP contribution in [0, 0.1) is 5.92 Å². The first-order valence-corrected chi connectivity index (χ1v) is 14.6. The Morgan fingerprint density at radius 2 is 1.86 bits per heavy atom. The van der Waals surface area contributed by atoms with Crippen LogP contribution in [0.15, 0.2) is 41.4 Å². The second-order valence-electron chi connectivity index (χ2n) is 10.7. The number of carboxylic acids is 1. The minimum absolute atomic E-state index is 0.00532. The van der Waals surface area contributed by atoms with Gasteiger partial charge in [-0.2, -0.15) is 0 Å². The van der Waals surface area contributed by atoms with Gasteiger partial charge in [-0.15, -0.1) is 0 Å². The molecule has 1 amide bonds. The predicted octanol–water partition coefficient (Wildman–Crippen LogP) is 4.39. The molecule has 0 radical (unpaired) electrons. The number of nitrogens with zero attached hydrogens (tertiary/aromatic N) is 1. The lowest BCUT2D eigenvalue weighted by molar-refractivity contribution is -0.137. The maximum atomic E-state index is 13.5. The third kappa shape index (κ3) is 6.09. The molecule has 3 aliphatic carbocycles. The van der Waals surface area contributed by atoms with Gasteiger partial charge in [0.05, 0.1) is 16.1 Å². The molecule has 196 valence electrons. The van der Waals surface area contributed by atoms with Crippen LogP contribution in [0.3, 0.4) is 0 Å². The fourth-order valence-electron chi connectivity index (χ4n) is 5.25. The van der Waals surface area contributed by atoms with Gasteiger partial charge >= 0.3 is 5.97 Å². The van der Waals surface area contributed by atoms with Crippen LogP contribution in [0.1, 0.15) is 86.3 Å². The van der Waals surface area contributed by atoms with E-state index in [1.165, 1.54) is 0 Å². The van der Waals surface area contributed by atoms with Crippen LogP contribution in [-0.4, -0.2) is 41.4 Å². The Bertz CT molecular complexity index is 1310. The van der Waals surface area contributed by atoms with Crippen LogP contribution in [0.25, 0.3) is 0 Å². The zero-order valence-corrected chi connectivity index (χ0v) is 21.5. The van der Waals surface area contributed by atoms with Crippen LogP contribution in [0.5, 0.6) is 0 Å². The van der Waals surface area contributed by atoms with Crippen molar-refractivity contribution in [2.45, 2.75) is 86.2 Å². The van der Waals surface area contributed by atoms with Gasteiger partial charge in [-0.05, 0) is 85.6 Å². The quantitative estimate of drug-likeness (QED) is 0.446. The van der Waals surface area contributed by atoms with Gasteiger partial charge in [-0.3, -0.25) is 14.4 Å². The molecule has 0 spiro atoms. The van der Waals surface area contributed by atoms with E-state index >= 15 is 0 Å². The molecular formula is C28H32N2O6S.